The molecule has 3 atom stereocenters. The molecule has 1 aromatic heterocycles. The van der Waals surface area contributed by atoms with E-state index in [1.54, 1.807) is 31.2 Å². The molecule has 3 aromatic carbocycles. The summed E-state index contributed by atoms with van der Waals surface area (Å²) in [6, 6.07) is 23.7. The molecule has 0 saturated carbocycles. The van der Waals surface area contributed by atoms with E-state index in [4.69, 9.17) is 10.8 Å². The van der Waals surface area contributed by atoms with Crippen molar-refractivity contribution >= 4 is 17.6 Å². The van der Waals surface area contributed by atoms with Gasteiger partial charge in [0, 0.05) is 29.5 Å². The number of halogens is 1. The predicted octanol–water partition coefficient (Wildman–Crippen LogP) is 5.21. The summed E-state index contributed by atoms with van der Waals surface area (Å²) in [7, 11) is 0. The average molecular weight is 560 g/mol. The van der Waals surface area contributed by atoms with Gasteiger partial charge in [0.1, 0.15) is 5.82 Å². The molecule has 0 spiro atoms. The van der Waals surface area contributed by atoms with Crippen LogP contribution < -0.4 is 11.1 Å². The number of nitrogens with zero attached hydrogens (tertiary/aromatic N) is 1. The zero-order valence-electron chi connectivity index (χ0n) is 22.7. The third-order valence-corrected chi connectivity index (χ3v) is 6.81. The molecule has 0 saturated heterocycles. The molecule has 3 unspecified atom stereocenters. The number of anilines is 1. The van der Waals surface area contributed by atoms with Crippen molar-refractivity contribution in [2.24, 2.45) is 5.73 Å². The minimum atomic E-state index is -1.20. The lowest BCUT2D eigenvalue weighted by atomic mass is 9.95. The fourth-order valence-electron chi connectivity index (χ4n) is 5.08. The number of rotatable bonds is 12. The Kier molecular flexibility index (Phi) is 9.67. The van der Waals surface area contributed by atoms with Gasteiger partial charge >= 0.3 is 5.97 Å². The van der Waals surface area contributed by atoms with E-state index in [0.717, 1.165) is 5.56 Å². The van der Waals surface area contributed by atoms with E-state index >= 15 is 0 Å². The Bertz CT molecular complexity index is 1470. The SMILES string of the molecule is CC(N)c1c(C(=O)Nc2ccccc2)c(-c2ccccc2)c(-c2ccc(F)cc2)n1CCC(O)CC(O)CC(=O)O. The Hall–Kier alpha value is -4.31. The second-order valence-electron chi connectivity index (χ2n) is 10.0. The predicted molar refractivity (Wildman–Crippen MR) is 156 cm³/mol. The van der Waals surface area contributed by atoms with Gasteiger partial charge in [-0.3, -0.25) is 9.59 Å². The van der Waals surface area contributed by atoms with Crippen molar-refractivity contribution in [1.29, 1.82) is 0 Å². The van der Waals surface area contributed by atoms with Crippen LogP contribution in [0.1, 0.15) is 48.3 Å². The van der Waals surface area contributed by atoms with Crippen molar-refractivity contribution in [1.82, 2.24) is 4.57 Å². The van der Waals surface area contributed by atoms with E-state index in [-0.39, 0.29) is 25.3 Å². The first-order valence-electron chi connectivity index (χ1n) is 13.4. The van der Waals surface area contributed by atoms with Gasteiger partial charge in [0.05, 0.1) is 29.9 Å². The van der Waals surface area contributed by atoms with Crippen molar-refractivity contribution < 1.29 is 29.3 Å². The molecule has 0 radical (unpaired) electrons. The molecule has 8 nitrogen and oxygen atoms in total. The molecule has 0 aliphatic carbocycles. The fourth-order valence-corrected chi connectivity index (χ4v) is 5.08. The summed E-state index contributed by atoms with van der Waals surface area (Å²) in [4.78, 5) is 25.0. The molecular weight excluding hydrogens is 525 g/mol. The molecule has 41 heavy (non-hydrogen) atoms. The number of aliphatic hydroxyl groups excluding tert-OH is 2. The normalized spacial score (nSPS) is 13.4. The van der Waals surface area contributed by atoms with E-state index in [0.29, 0.717) is 33.8 Å². The minimum absolute atomic E-state index is 0.125. The number of nitrogens with two attached hydrogens (primary N) is 1. The van der Waals surface area contributed by atoms with Crippen LogP contribution in [-0.4, -0.2) is 44.0 Å². The zero-order valence-corrected chi connectivity index (χ0v) is 22.7. The van der Waals surface area contributed by atoms with Gasteiger partial charge in [-0.05, 0) is 67.3 Å². The van der Waals surface area contributed by atoms with E-state index < -0.39 is 36.5 Å². The van der Waals surface area contributed by atoms with E-state index in [2.05, 4.69) is 5.32 Å². The van der Waals surface area contributed by atoms with Crippen LogP contribution in [0.5, 0.6) is 0 Å². The van der Waals surface area contributed by atoms with Crippen LogP contribution in [-0.2, 0) is 11.3 Å². The Balaban J connectivity index is 1.89. The maximum atomic E-state index is 14.0. The van der Waals surface area contributed by atoms with Crippen LogP contribution in [0.25, 0.3) is 22.4 Å². The van der Waals surface area contributed by atoms with Gasteiger partial charge < -0.3 is 30.9 Å². The lowest BCUT2D eigenvalue weighted by Gasteiger charge is -2.20. The lowest BCUT2D eigenvalue weighted by Crippen LogP contribution is -2.24. The minimum Gasteiger partial charge on any atom is -0.481 e. The van der Waals surface area contributed by atoms with Crippen molar-refractivity contribution in [2.75, 3.05) is 5.32 Å². The van der Waals surface area contributed by atoms with Crippen LogP contribution in [0, 0.1) is 5.82 Å². The number of aliphatic hydroxyl groups is 2. The van der Waals surface area contributed by atoms with Gasteiger partial charge in [0.15, 0.2) is 0 Å². The summed E-state index contributed by atoms with van der Waals surface area (Å²) in [5.41, 5.74) is 10.6. The summed E-state index contributed by atoms with van der Waals surface area (Å²) in [5.74, 6) is -1.94. The standard InChI is InChI=1S/C32H34FN3O5/c1-20(34)30-29(32(41)35-24-10-6-3-7-11-24)28(21-8-4-2-5-9-21)31(22-12-14-23(33)15-13-22)36(30)17-16-25(37)18-26(38)19-27(39)40/h2-15,20,25-26,37-38H,16-19,34H2,1H3,(H,35,41)(H,39,40). The maximum absolute atomic E-state index is 14.0. The number of carbonyl (C=O) groups is 2. The van der Waals surface area contributed by atoms with Crippen LogP contribution in [0.3, 0.4) is 0 Å². The Labute approximate surface area is 237 Å². The first-order valence-corrected chi connectivity index (χ1v) is 13.4. The number of carbonyl (C=O) groups excluding carboxylic acids is 1. The molecule has 0 bridgehead atoms. The molecule has 9 heteroatoms. The second-order valence-corrected chi connectivity index (χ2v) is 10.0. The molecule has 0 aliphatic heterocycles. The number of benzene rings is 3. The van der Waals surface area contributed by atoms with E-state index in [1.165, 1.54) is 12.1 Å². The number of nitrogens with one attached hydrogen (secondary N) is 1. The maximum Gasteiger partial charge on any atom is 0.305 e. The average Bonchev–Trinajstić information content (AvgIpc) is 3.28. The van der Waals surface area contributed by atoms with Crippen LogP contribution in [0.15, 0.2) is 84.9 Å². The molecular formula is C32H34FN3O5. The van der Waals surface area contributed by atoms with Gasteiger partial charge in [0.25, 0.3) is 5.91 Å². The first kappa shape index (κ1) is 29.7. The Morgan fingerprint density at radius 1 is 0.902 bits per heavy atom. The molecule has 6 N–H and O–H groups in total. The largest absolute Gasteiger partial charge is 0.481 e. The van der Waals surface area contributed by atoms with Gasteiger partial charge in [-0.1, -0.05) is 48.5 Å². The number of hydrogen-bond donors (Lipinski definition) is 5. The summed E-state index contributed by atoms with van der Waals surface area (Å²) in [6.45, 7) is 1.96. The highest BCUT2D eigenvalue weighted by Crippen LogP contribution is 2.42. The summed E-state index contributed by atoms with van der Waals surface area (Å²) in [5, 5.41) is 32.7. The lowest BCUT2D eigenvalue weighted by molar-refractivity contribution is -0.139. The van der Waals surface area contributed by atoms with E-state index in [1.807, 2.05) is 53.1 Å². The van der Waals surface area contributed by atoms with Crippen LogP contribution >= 0.6 is 0 Å². The molecule has 0 fully saturated rings. The third kappa shape index (κ3) is 7.26. The number of hydrogen-bond acceptors (Lipinski definition) is 5. The molecule has 4 rings (SSSR count). The molecule has 4 aromatic rings. The molecule has 1 heterocycles. The van der Waals surface area contributed by atoms with Crippen molar-refractivity contribution in [3.8, 4) is 22.4 Å². The van der Waals surface area contributed by atoms with Gasteiger partial charge in [0.2, 0.25) is 0 Å². The smallest absolute Gasteiger partial charge is 0.305 e. The highest BCUT2D eigenvalue weighted by Gasteiger charge is 2.31. The van der Waals surface area contributed by atoms with Crippen molar-refractivity contribution in [3.63, 3.8) is 0 Å². The monoisotopic (exact) mass is 559 g/mol. The molecule has 214 valence electrons. The highest BCUT2D eigenvalue weighted by atomic mass is 19.1. The molecule has 0 aliphatic rings. The number of aromatic nitrogens is 1. The van der Waals surface area contributed by atoms with Crippen LogP contribution in [0.4, 0.5) is 10.1 Å². The van der Waals surface area contributed by atoms with Crippen LogP contribution in [0.2, 0.25) is 0 Å². The highest BCUT2D eigenvalue weighted by molar-refractivity contribution is 6.12. The number of aliphatic carboxylic acids is 1. The van der Waals surface area contributed by atoms with Gasteiger partial charge in [-0.15, -0.1) is 0 Å². The number of carboxylic acid groups (broad SMARTS) is 1. The van der Waals surface area contributed by atoms with E-state index in [9.17, 15) is 24.2 Å². The summed E-state index contributed by atoms with van der Waals surface area (Å²) < 4.78 is 15.9. The topological polar surface area (TPSA) is 138 Å². The van der Waals surface area contributed by atoms with Crippen molar-refractivity contribution in [3.05, 3.63) is 102 Å². The second kappa shape index (κ2) is 13.4. The zero-order chi connectivity index (χ0) is 29.5. The Morgan fingerprint density at radius 2 is 1.51 bits per heavy atom. The van der Waals surface area contributed by atoms with Crippen molar-refractivity contribution in [2.45, 2.75) is 51.0 Å². The number of amides is 1. The number of carboxylic acids is 1. The number of para-hydroxylation sites is 1. The summed E-state index contributed by atoms with van der Waals surface area (Å²) >= 11 is 0. The van der Waals surface area contributed by atoms with Gasteiger partial charge in [-0.2, -0.15) is 0 Å². The quantitative estimate of drug-likeness (QED) is 0.162. The summed E-state index contributed by atoms with van der Waals surface area (Å²) in [6.07, 6.45) is -2.68. The first-order chi connectivity index (χ1) is 19.7. The third-order valence-electron chi connectivity index (χ3n) is 6.81. The van der Waals surface area contributed by atoms with Gasteiger partial charge in [-0.25, -0.2) is 4.39 Å². The Morgan fingerprint density at radius 3 is 2.10 bits per heavy atom. The fraction of sp³-hybridized carbons (Fsp3) is 0.250. The molecule has 1 amide bonds.